The Hall–Kier alpha value is -1.49. The molecule has 1 aliphatic heterocycles. The van der Waals surface area contributed by atoms with Crippen molar-refractivity contribution < 1.29 is 9.47 Å². The van der Waals surface area contributed by atoms with Gasteiger partial charge >= 0.3 is 0 Å². The number of rotatable bonds is 5. The smallest absolute Gasteiger partial charge is 0.239 e. The first-order chi connectivity index (χ1) is 9.26. The molecule has 2 heterocycles. The molecule has 1 fully saturated rings. The number of hydrogen-bond acceptors (Lipinski definition) is 5. The van der Waals surface area contributed by atoms with E-state index in [1.54, 1.807) is 0 Å². The second kappa shape index (κ2) is 6.61. The third kappa shape index (κ3) is 3.29. The second-order valence-electron chi connectivity index (χ2n) is 4.74. The van der Waals surface area contributed by atoms with Crippen LogP contribution >= 0.6 is 0 Å². The van der Waals surface area contributed by atoms with Gasteiger partial charge in [-0.3, -0.25) is 0 Å². The number of aromatic nitrogens is 1. The Morgan fingerprint density at radius 1 is 1.47 bits per heavy atom. The predicted octanol–water partition coefficient (Wildman–Crippen LogP) is 2.07. The Bertz CT molecular complexity index is 412. The molecule has 1 aromatic heterocycles. The number of pyridine rings is 1. The number of nitrogens with zero attached hydrogens (tertiary/aromatic N) is 2. The van der Waals surface area contributed by atoms with Crippen molar-refractivity contribution in [2.24, 2.45) is 0 Å². The van der Waals surface area contributed by atoms with Crippen LogP contribution in [0.25, 0.3) is 0 Å². The zero-order valence-electron chi connectivity index (χ0n) is 11.8. The van der Waals surface area contributed by atoms with Crippen molar-refractivity contribution in [3.05, 3.63) is 12.1 Å². The molecular weight excluding hydrogens is 242 g/mol. The van der Waals surface area contributed by atoms with E-state index in [0.717, 1.165) is 38.4 Å². The molecule has 0 saturated carbocycles. The van der Waals surface area contributed by atoms with Crippen LogP contribution in [0.1, 0.15) is 26.7 Å². The maximum Gasteiger partial charge on any atom is 0.239 e. The fourth-order valence-electron chi connectivity index (χ4n) is 2.21. The van der Waals surface area contributed by atoms with Crippen LogP contribution in [0.15, 0.2) is 12.1 Å². The van der Waals surface area contributed by atoms with Gasteiger partial charge in [-0.25, -0.2) is 0 Å². The Labute approximate surface area is 114 Å². The summed E-state index contributed by atoms with van der Waals surface area (Å²) in [6.45, 7) is 7.23. The normalized spacial score (nSPS) is 19.5. The van der Waals surface area contributed by atoms with Gasteiger partial charge in [0.05, 0.1) is 31.5 Å². The van der Waals surface area contributed by atoms with E-state index in [2.05, 4.69) is 23.7 Å². The molecular formula is C14H23N3O2. The monoisotopic (exact) mass is 265 g/mol. The lowest BCUT2D eigenvalue weighted by Crippen LogP contribution is -2.45. The van der Waals surface area contributed by atoms with Crippen molar-refractivity contribution in [1.82, 2.24) is 4.98 Å². The molecule has 106 valence electrons. The van der Waals surface area contributed by atoms with Crippen LogP contribution in [0.5, 0.6) is 5.88 Å². The predicted molar refractivity (Wildman–Crippen MR) is 76.7 cm³/mol. The summed E-state index contributed by atoms with van der Waals surface area (Å²) in [6.07, 6.45) is 1.98. The molecule has 5 nitrogen and oxygen atoms in total. The Kier molecular flexibility index (Phi) is 4.85. The summed E-state index contributed by atoms with van der Waals surface area (Å²) in [5.74, 6) is 1.47. The first-order valence-corrected chi connectivity index (χ1v) is 7.00. The third-order valence-corrected chi connectivity index (χ3v) is 3.31. The van der Waals surface area contributed by atoms with Crippen LogP contribution in [0.2, 0.25) is 0 Å². The molecule has 1 unspecified atom stereocenters. The van der Waals surface area contributed by atoms with Crippen LogP contribution in [0.4, 0.5) is 11.5 Å². The lowest BCUT2D eigenvalue weighted by Gasteiger charge is -2.36. The van der Waals surface area contributed by atoms with Crippen molar-refractivity contribution in [1.29, 1.82) is 0 Å². The van der Waals surface area contributed by atoms with Crippen LogP contribution in [0, 0.1) is 0 Å². The summed E-state index contributed by atoms with van der Waals surface area (Å²) in [5.41, 5.74) is 6.49. The minimum atomic E-state index is 0.379. The van der Waals surface area contributed by atoms with Gasteiger partial charge in [-0.15, -0.1) is 0 Å². The van der Waals surface area contributed by atoms with Crippen LogP contribution in [0.3, 0.4) is 0 Å². The summed E-state index contributed by atoms with van der Waals surface area (Å²) in [4.78, 5) is 6.83. The molecule has 0 aliphatic carbocycles. The molecule has 1 aromatic rings. The molecule has 0 amide bonds. The molecule has 1 saturated heterocycles. The van der Waals surface area contributed by atoms with Crippen molar-refractivity contribution in [3.8, 4) is 5.88 Å². The number of nitrogens with two attached hydrogens (primary N) is 1. The van der Waals surface area contributed by atoms with Crippen molar-refractivity contribution in [2.45, 2.75) is 32.7 Å². The minimum Gasteiger partial charge on any atom is -0.476 e. The van der Waals surface area contributed by atoms with Gasteiger partial charge in [0, 0.05) is 6.54 Å². The average molecular weight is 265 g/mol. The summed E-state index contributed by atoms with van der Waals surface area (Å²) in [7, 11) is 0. The summed E-state index contributed by atoms with van der Waals surface area (Å²) >= 11 is 0. The molecule has 2 rings (SSSR count). The molecule has 1 aliphatic rings. The maximum atomic E-state index is 5.90. The second-order valence-corrected chi connectivity index (χ2v) is 4.74. The molecule has 5 heteroatoms. The fourth-order valence-corrected chi connectivity index (χ4v) is 2.21. The highest BCUT2D eigenvalue weighted by atomic mass is 16.5. The first kappa shape index (κ1) is 13.9. The fraction of sp³-hybridized carbons (Fsp3) is 0.643. The van der Waals surface area contributed by atoms with E-state index in [9.17, 15) is 0 Å². The van der Waals surface area contributed by atoms with Crippen LogP contribution in [-0.2, 0) is 4.74 Å². The molecule has 0 bridgehead atoms. The van der Waals surface area contributed by atoms with Crippen LogP contribution < -0.4 is 15.4 Å². The van der Waals surface area contributed by atoms with E-state index >= 15 is 0 Å². The van der Waals surface area contributed by atoms with Crippen molar-refractivity contribution in [3.63, 3.8) is 0 Å². The highest BCUT2D eigenvalue weighted by Gasteiger charge is 2.23. The lowest BCUT2D eigenvalue weighted by atomic mass is 10.2. The summed E-state index contributed by atoms with van der Waals surface area (Å²) in [6, 6.07) is 4.21. The SMILES string of the molecule is CCCOc1nc(N2CCOCC2CC)ccc1N. The van der Waals surface area contributed by atoms with E-state index in [4.69, 9.17) is 15.2 Å². The Balaban J connectivity index is 2.18. The Morgan fingerprint density at radius 3 is 3.05 bits per heavy atom. The minimum absolute atomic E-state index is 0.379. The zero-order valence-corrected chi connectivity index (χ0v) is 11.8. The molecule has 0 spiro atoms. The number of nitrogen functional groups attached to an aromatic ring is 1. The van der Waals surface area contributed by atoms with Crippen LogP contribution in [-0.4, -0.2) is 37.4 Å². The van der Waals surface area contributed by atoms with Gasteiger partial charge in [-0.2, -0.15) is 4.98 Å². The van der Waals surface area contributed by atoms with Gasteiger partial charge in [0.25, 0.3) is 0 Å². The van der Waals surface area contributed by atoms with E-state index in [0.29, 0.717) is 24.2 Å². The highest BCUT2D eigenvalue weighted by molar-refractivity contribution is 5.55. The van der Waals surface area contributed by atoms with Gasteiger partial charge in [0.2, 0.25) is 5.88 Å². The van der Waals surface area contributed by atoms with Gasteiger partial charge < -0.3 is 20.1 Å². The topological polar surface area (TPSA) is 60.6 Å². The lowest BCUT2D eigenvalue weighted by molar-refractivity contribution is 0.0925. The van der Waals surface area contributed by atoms with Gasteiger partial charge in [0.15, 0.2) is 0 Å². The Morgan fingerprint density at radius 2 is 2.32 bits per heavy atom. The van der Waals surface area contributed by atoms with Gasteiger partial charge in [-0.05, 0) is 25.0 Å². The first-order valence-electron chi connectivity index (χ1n) is 7.00. The molecule has 2 N–H and O–H groups in total. The zero-order chi connectivity index (χ0) is 13.7. The van der Waals surface area contributed by atoms with E-state index in [-0.39, 0.29) is 0 Å². The quantitative estimate of drug-likeness (QED) is 0.883. The number of morpholine rings is 1. The van der Waals surface area contributed by atoms with Gasteiger partial charge in [0.1, 0.15) is 5.82 Å². The van der Waals surface area contributed by atoms with E-state index < -0.39 is 0 Å². The van der Waals surface area contributed by atoms with E-state index in [1.165, 1.54) is 0 Å². The average Bonchev–Trinajstić information content (AvgIpc) is 2.46. The number of hydrogen-bond donors (Lipinski definition) is 1. The molecule has 0 aromatic carbocycles. The number of ether oxygens (including phenoxy) is 2. The maximum absolute atomic E-state index is 5.90. The summed E-state index contributed by atoms with van der Waals surface area (Å²) < 4.78 is 11.1. The molecule has 0 radical (unpaired) electrons. The van der Waals surface area contributed by atoms with Crippen molar-refractivity contribution >= 4 is 11.5 Å². The molecule has 1 atom stereocenters. The standard InChI is InChI=1S/C14H23N3O2/c1-3-8-19-14-12(15)5-6-13(16-14)17-7-9-18-10-11(17)4-2/h5-6,11H,3-4,7-10,15H2,1-2H3. The van der Waals surface area contributed by atoms with E-state index in [1.807, 2.05) is 12.1 Å². The highest BCUT2D eigenvalue weighted by Crippen LogP contribution is 2.26. The third-order valence-electron chi connectivity index (χ3n) is 3.31. The van der Waals surface area contributed by atoms with Gasteiger partial charge in [-0.1, -0.05) is 13.8 Å². The summed E-state index contributed by atoms with van der Waals surface area (Å²) in [5, 5.41) is 0. The van der Waals surface area contributed by atoms with Crippen molar-refractivity contribution in [2.75, 3.05) is 37.0 Å². The molecule has 19 heavy (non-hydrogen) atoms. The largest absolute Gasteiger partial charge is 0.476 e. The number of anilines is 2.